The summed E-state index contributed by atoms with van der Waals surface area (Å²) in [5.41, 5.74) is -0.528. The standard InChI is InChI=1S/C11H9F5O/c1-3-8(12)6-9(13)7(2)4-5-10(17)11(14,15)16/h3-6H,2H2,1H3/b5-4+,8-3+,9-6+. The summed E-state index contributed by atoms with van der Waals surface area (Å²) < 4.78 is 60.9. The van der Waals surface area contributed by atoms with E-state index in [1.165, 1.54) is 6.92 Å². The average molecular weight is 252 g/mol. The second kappa shape index (κ2) is 6.12. The maximum atomic E-state index is 13.0. The summed E-state index contributed by atoms with van der Waals surface area (Å²) >= 11 is 0. The Morgan fingerprint density at radius 1 is 1.18 bits per heavy atom. The van der Waals surface area contributed by atoms with Gasteiger partial charge in [-0.25, -0.2) is 8.78 Å². The van der Waals surface area contributed by atoms with Gasteiger partial charge in [0.2, 0.25) is 0 Å². The first kappa shape index (κ1) is 15.3. The predicted molar refractivity (Wildman–Crippen MR) is 53.4 cm³/mol. The van der Waals surface area contributed by atoms with Crippen molar-refractivity contribution < 1.29 is 26.7 Å². The molecule has 0 bridgehead atoms. The van der Waals surface area contributed by atoms with Gasteiger partial charge in [-0.1, -0.05) is 12.7 Å². The zero-order chi connectivity index (χ0) is 13.6. The Hall–Kier alpha value is -1.72. The van der Waals surface area contributed by atoms with E-state index in [1.807, 2.05) is 0 Å². The van der Waals surface area contributed by atoms with Crippen LogP contribution in [-0.4, -0.2) is 12.0 Å². The number of ketones is 1. The van der Waals surface area contributed by atoms with Gasteiger partial charge in [0.15, 0.2) is 0 Å². The third-order valence-corrected chi connectivity index (χ3v) is 1.56. The predicted octanol–water partition coefficient (Wildman–Crippen LogP) is 3.96. The highest BCUT2D eigenvalue weighted by molar-refractivity contribution is 5.94. The van der Waals surface area contributed by atoms with Gasteiger partial charge in [-0.3, -0.25) is 4.79 Å². The molecule has 0 rings (SSSR count). The van der Waals surface area contributed by atoms with Crippen molar-refractivity contribution in [2.24, 2.45) is 0 Å². The van der Waals surface area contributed by atoms with Crippen LogP contribution in [-0.2, 0) is 4.79 Å². The van der Waals surface area contributed by atoms with Crippen molar-refractivity contribution in [1.82, 2.24) is 0 Å². The summed E-state index contributed by atoms with van der Waals surface area (Å²) in [7, 11) is 0. The quantitative estimate of drug-likeness (QED) is 0.420. The number of alkyl halides is 3. The Kier molecular flexibility index (Phi) is 5.50. The highest BCUT2D eigenvalue weighted by Gasteiger charge is 2.35. The summed E-state index contributed by atoms with van der Waals surface area (Å²) in [6, 6.07) is 0. The monoisotopic (exact) mass is 252 g/mol. The molecule has 0 saturated heterocycles. The lowest BCUT2D eigenvalue weighted by Gasteiger charge is -2.00. The normalized spacial score (nSPS) is 14.2. The molecule has 1 nitrogen and oxygen atoms in total. The zero-order valence-corrected chi connectivity index (χ0v) is 8.81. The molecule has 0 fully saturated rings. The number of hydrogen-bond donors (Lipinski definition) is 0. The van der Waals surface area contributed by atoms with Crippen molar-refractivity contribution in [3.8, 4) is 0 Å². The Labute approximate surface area is 94.6 Å². The van der Waals surface area contributed by atoms with E-state index in [0.717, 1.165) is 6.08 Å². The molecule has 0 aliphatic rings. The van der Waals surface area contributed by atoms with Crippen LogP contribution in [0.1, 0.15) is 6.92 Å². The SMILES string of the molecule is C=C(/C=C/C(=O)C(F)(F)F)/C(F)=C\C(F)=C/C. The van der Waals surface area contributed by atoms with Gasteiger partial charge in [0, 0.05) is 11.6 Å². The molecule has 0 atom stereocenters. The van der Waals surface area contributed by atoms with E-state index < -0.39 is 29.2 Å². The third-order valence-electron chi connectivity index (χ3n) is 1.56. The van der Waals surface area contributed by atoms with Crippen molar-refractivity contribution >= 4 is 5.78 Å². The van der Waals surface area contributed by atoms with Crippen molar-refractivity contribution in [2.45, 2.75) is 13.1 Å². The summed E-state index contributed by atoms with van der Waals surface area (Å²) in [5.74, 6) is -4.20. The number of carbonyl (C=O) groups excluding carboxylic acids is 1. The molecule has 0 unspecified atom stereocenters. The molecule has 0 aromatic heterocycles. The van der Waals surface area contributed by atoms with E-state index in [9.17, 15) is 26.7 Å². The van der Waals surface area contributed by atoms with Crippen LogP contribution < -0.4 is 0 Å². The van der Waals surface area contributed by atoms with Crippen LogP contribution >= 0.6 is 0 Å². The van der Waals surface area contributed by atoms with Crippen molar-refractivity contribution in [2.75, 3.05) is 0 Å². The van der Waals surface area contributed by atoms with Gasteiger partial charge in [-0.2, -0.15) is 13.2 Å². The van der Waals surface area contributed by atoms with Crippen LogP contribution in [0.15, 0.2) is 48.1 Å². The maximum Gasteiger partial charge on any atom is 0.454 e. The Bertz CT molecular complexity index is 399. The molecular weight excluding hydrogens is 243 g/mol. The molecule has 0 N–H and O–H groups in total. The lowest BCUT2D eigenvalue weighted by molar-refractivity contribution is -0.165. The largest absolute Gasteiger partial charge is 0.454 e. The first-order chi connectivity index (χ1) is 7.68. The second-order valence-electron chi connectivity index (χ2n) is 2.89. The fourth-order valence-corrected chi connectivity index (χ4v) is 0.647. The van der Waals surface area contributed by atoms with Gasteiger partial charge in [0.05, 0.1) is 0 Å². The highest BCUT2D eigenvalue weighted by Crippen LogP contribution is 2.19. The molecule has 94 valence electrons. The van der Waals surface area contributed by atoms with Gasteiger partial charge in [0.25, 0.3) is 5.78 Å². The molecule has 0 spiro atoms. The van der Waals surface area contributed by atoms with Gasteiger partial charge in [-0.05, 0) is 19.1 Å². The van der Waals surface area contributed by atoms with Gasteiger partial charge < -0.3 is 0 Å². The molecule has 17 heavy (non-hydrogen) atoms. The van der Waals surface area contributed by atoms with Crippen molar-refractivity contribution in [3.05, 3.63) is 48.1 Å². The van der Waals surface area contributed by atoms with Crippen LogP contribution in [0, 0.1) is 0 Å². The molecular formula is C11H9F5O. The molecule has 0 radical (unpaired) electrons. The molecule has 0 heterocycles. The number of allylic oxidation sites excluding steroid dienone is 7. The summed E-state index contributed by atoms with van der Waals surface area (Å²) in [4.78, 5) is 10.4. The maximum absolute atomic E-state index is 13.0. The summed E-state index contributed by atoms with van der Waals surface area (Å²) in [6.45, 7) is 4.36. The Morgan fingerprint density at radius 2 is 1.71 bits per heavy atom. The van der Waals surface area contributed by atoms with Crippen molar-refractivity contribution in [1.29, 1.82) is 0 Å². The topological polar surface area (TPSA) is 17.1 Å². The molecule has 0 saturated carbocycles. The Balaban J connectivity index is 4.73. The summed E-state index contributed by atoms with van der Waals surface area (Å²) in [5, 5.41) is 0. The summed E-state index contributed by atoms with van der Waals surface area (Å²) in [6.07, 6.45) is -2.96. The first-order valence-corrected chi connectivity index (χ1v) is 4.36. The van der Waals surface area contributed by atoms with Crippen LogP contribution in [0.5, 0.6) is 0 Å². The fourth-order valence-electron chi connectivity index (χ4n) is 0.647. The smallest absolute Gasteiger partial charge is 0.285 e. The van der Waals surface area contributed by atoms with E-state index in [2.05, 4.69) is 6.58 Å². The minimum absolute atomic E-state index is 0.128. The lowest BCUT2D eigenvalue weighted by atomic mass is 10.2. The molecule has 6 heteroatoms. The molecule has 0 aromatic carbocycles. The highest BCUT2D eigenvalue weighted by atomic mass is 19.4. The van der Waals surface area contributed by atoms with Crippen LogP contribution in [0.25, 0.3) is 0 Å². The van der Waals surface area contributed by atoms with E-state index >= 15 is 0 Å². The minimum Gasteiger partial charge on any atom is -0.285 e. The zero-order valence-electron chi connectivity index (χ0n) is 8.81. The van der Waals surface area contributed by atoms with Gasteiger partial charge >= 0.3 is 6.18 Å². The lowest BCUT2D eigenvalue weighted by Crippen LogP contribution is -2.19. The van der Waals surface area contributed by atoms with E-state index in [4.69, 9.17) is 0 Å². The number of halogens is 5. The van der Waals surface area contributed by atoms with Crippen LogP contribution in [0.3, 0.4) is 0 Å². The van der Waals surface area contributed by atoms with E-state index in [0.29, 0.717) is 12.2 Å². The molecule has 0 amide bonds. The van der Waals surface area contributed by atoms with E-state index in [1.54, 1.807) is 0 Å². The number of rotatable bonds is 4. The fraction of sp³-hybridized carbons (Fsp3) is 0.182. The molecule has 0 aliphatic carbocycles. The molecule has 0 aliphatic heterocycles. The third kappa shape index (κ3) is 5.79. The van der Waals surface area contributed by atoms with E-state index in [-0.39, 0.29) is 6.08 Å². The van der Waals surface area contributed by atoms with Gasteiger partial charge in [-0.15, -0.1) is 0 Å². The van der Waals surface area contributed by atoms with Gasteiger partial charge in [0.1, 0.15) is 11.7 Å². The second-order valence-corrected chi connectivity index (χ2v) is 2.89. The average Bonchev–Trinajstić information content (AvgIpc) is 2.23. The minimum atomic E-state index is -5.02. The number of hydrogen-bond acceptors (Lipinski definition) is 1. The van der Waals surface area contributed by atoms with Crippen LogP contribution in [0.4, 0.5) is 22.0 Å². The van der Waals surface area contributed by atoms with Crippen LogP contribution in [0.2, 0.25) is 0 Å². The Morgan fingerprint density at radius 3 is 2.12 bits per heavy atom. The number of carbonyl (C=O) groups is 1. The molecule has 0 aromatic rings. The van der Waals surface area contributed by atoms with Crippen molar-refractivity contribution in [3.63, 3.8) is 0 Å². The first-order valence-electron chi connectivity index (χ1n) is 4.36.